The molecule has 18 heavy (non-hydrogen) atoms. The van der Waals surface area contributed by atoms with Crippen LogP contribution < -0.4 is 4.74 Å². The summed E-state index contributed by atoms with van der Waals surface area (Å²) in [5, 5.41) is 10.4. The summed E-state index contributed by atoms with van der Waals surface area (Å²) in [6, 6.07) is 7.44. The zero-order valence-corrected chi connectivity index (χ0v) is 11.8. The van der Waals surface area contributed by atoms with E-state index in [1.807, 2.05) is 31.2 Å². The summed E-state index contributed by atoms with van der Waals surface area (Å²) in [7, 11) is 1.60. The Morgan fingerprint density at radius 3 is 2.72 bits per heavy atom. The zero-order chi connectivity index (χ0) is 13.1. The van der Waals surface area contributed by atoms with E-state index in [0.717, 1.165) is 21.2 Å². The standard InChI is InChI=1S/C14H14BrNO2/c1-9-5-10(8-16-7-9)14(17)12-6-11(18-2)3-4-13(12)15/h3-8,14,17H,1-2H3. The number of ether oxygens (including phenoxy) is 1. The van der Waals surface area contributed by atoms with Crippen molar-refractivity contribution in [2.24, 2.45) is 0 Å². The Labute approximate surface area is 115 Å². The molecule has 1 aromatic carbocycles. The van der Waals surface area contributed by atoms with Gasteiger partial charge in [-0.1, -0.05) is 22.0 Å². The quantitative estimate of drug-likeness (QED) is 0.946. The van der Waals surface area contributed by atoms with Gasteiger partial charge >= 0.3 is 0 Å². The zero-order valence-electron chi connectivity index (χ0n) is 10.2. The molecule has 0 aliphatic rings. The molecule has 0 amide bonds. The monoisotopic (exact) mass is 307 g/mol. The molecule has 2 aromatic rings. The number of halogens is 1. The van der Waals surface area contributed by atoms with E-state index < -0.39 is 6.10 Å². The topological polar surface area (TPSA) is 42.4 Å². The van der Waals surface area contributed by atoms with E-state index in [4.69, 9.17) is 4.74 Å². The highest BCUT2D eigenvalue weighted by atomic mass is 79.9. The van der Waals surface area contributed by atoms with Crippen LogP contribution in [-0.2, 0) is 0 Å². The molecule has 0 radical (unpaired) electrons. The molecule has 0 bridgehead atoms. The maximum atomic E-state index is 10.4. The largest absolute Gasteiger partial charge is 0.497 e. The second-order valence-corrected chi connectivity index (χ2v) is 4.94. The Hall–Kier alpha value is -1.39. The number of aliphatic hydroxyl groups is 1. The van der Waals surface area contributed by atoms with Gasteiger partial charge in [-0.25, -0.2) is 0 Å². The van der Waals surface area contributed by atoms with Crippen molar-refractivity contribution in [1.82, 2.24) is 4.98 Å². The van der Waals surface area contributed by atoms with Gasteiger partial charge in [0.1, 0.15) is 11.9 Å². The first-order valence-electron chi connectivity index (χ1n) is 5.55. The van der Waals surface area contributed by atoms with Crippen LogP contribution in [0.3, 0.4) is 0 Å². The molecular weight excluding hydrogens is 294 g/mol. The van der Waals surface area contributed by atoms with Crippen molar-refractivity contribution >= 4 is 15.9 Å². The van der Waals surface area contributed by atoms with Crippen molar-refractivity contribution in [3.63, 3.8) is 0 Å². The number of methoxy groups -OCH3 is 1. The molecule has 1 N–H and O–H groups in total. The van der Waals surface area contributed by atoms with Crippen molar-refractivity contribution in [1.29, 1.82) is 0 Å². The average molecular weight is 308 g/mol. The molecule has 1 aromatic heterocycles. The fourth-order valence-electron chi connectivity index (χ4n) is 1.77. The summed E-state index contributed by atoms with van der Waals surface area (Å²) in [5.74, 6) is 0.716. The lowest BCUT2D eigenvalue weighted by atomic mass is 10.0. The lowest BCUT2D eigenvalue weighted by Gasteiger charge is -2.14. The molecule has 2 rings (SSSR count). The fraction of sp³-hybridized carbons (Fsp3) is 0.214. The number of pyridine rings is 1. The van der Waals surface area contributed by atoms with Gasteiger partial charge in [0.15, 0.2) is 0 Å². The minimum absolute atomic E-state index is 0.716. The third kappa shape index (κ3) is 2.71. The molecule has 0 saturated heterocycles. The lowest BCUT2D eigenvalue weighted by molar-refractivity contribution is 0.218. The number of nitrogens with zero attached hydrogens (tertiary/aromatic N) is 1. The molecule has 1 unspecified atom stereocenters. The maximum Gasteiger partial charge on any atom is 0.119 e. The number of hydrogen-bond acceptors (Lipinski definition) is 3. The van der Waals surface area contributed by atoms with Crippen LogP contribution in [0.5, 0.6) is 5.75 Å². The molecule has 1 heterocycles. The minimum atomic E-state index is -0.720. The number of rotatable bonds is 3. The maximum absolute atomic E-state index is 10.4. The van der Waals surface area contributed by atoms with Gasteiger partial charge in [0.05, 0.1) is 7.11 Å². The van der Waals surface area contributed by atoms with E-state index in [1.54, 1.807) is 19.5 Å². The van der Waals surface area contributed by atoms with Crippen molar-refractivity contribution in [3.8, 4) is 5.75 Å². The first-order chi connectivity index (χ1) is 8.61. The molecule has 0 aliphatic carbocycles. The van der Waals surface area contributed by atoms with Gasteiger partial charge in [-0.05, 0) is 30.7 Å². The van der Waals surface area contributed by atoms with Gasteiger partial charge in [-0.15, -0.1) is 0 Å². The van der Waals surface area contributed by atoms with Crippen LogP contribution in [0.2, 0.25) is 0 Å². The molecule has 4 heteroatoms. The Morgan fingerprint density at radius 1 is 1.28 bits per heavy atom. The van der Waals surface area contributed by atoms with Crippen molar-refractivity contribution in [2.75, 3.05) is 7.11 Å². The highest BCUT2D eigenvalue weighted by Gasteiger charge is 2.15. The van der Waals surface area contributed by atoms with Gasteiger partial charge in [0, 0.05) is 28.0 Å². The smallest absolute Gasteiger partial charge is 0.119 e. The van der Waals surface area contributed by atoms with Gasteiger partial charge in [0.25, 0.3) is 0 Å². The third-order valence-electron chi connectivity index (χ3n) is 2.71. The van der Waals surface area contributed by atoms with E-state index in [9.17, 15) is 5.11 Å². The molecular formula is C14H14BrNO2. The summed E-state index contributed by atoms with van der Waals surface area (Å²) >= 11 is 3.44. The molecule has 0 aliphatic heterocycles. The van der Waals surface area contributed by atoms with Crippen molar-refractivity contribution in [2.45, 2.75) is 13.0 Å². The minimum Gasteiger partial charge on any atom is -0.497 e. The summed E-state index contributed by atoms with van der Waals surface area (Å²) in [6.45, 7) is 1.95. The Balaban J connectivity index is 2.41. The molecule has 0 spiro atoms. The van der Waals surface area contributed by atoms with Crippen LogP contribution in [0, 0.1) is 6.92 Å². The summed E-state index contributed by atoms with van der Waals surface area (Å²) in [6.07, 6.45) is 2.71. The van der Waals surface area contributed by atoms with Crippen molar-refractivity contribution in [3.05, 3.63) is 57.8 Å². The summed E-state index contributed by atoms with van der Waals surface area (Å²) in [4.78, 5) is 4.10. The van der Waals surface area contributed by atoms with E-state index in [1.165, 1.54) is 0 Å². The normalized spacial score (nSPS) is 12.2. The predicted octanol–water partition coefficient (Wildman–Crippen LogP) is 3.24. The Morgan fingerprint density at radius 2 is 2.06 bits per heavy atom. The number of benzene rings is 1. The fourth-order valence-corrected chi connectivity index (χ4v) is 2.23. The number of hydrogen-bond donors (Lipinski definition) is 1. The van der Waals surface area contributed by atoms with Crippen LogP contribution in [0.15, 0.2) is 41.1 Å². The number of aryl methyl sites for hydroxylation is 1. The van der Waals surface area contributed by atoms with Crippen LogP contribution in [0.1, 0.15) is 22.8 Å². The number of aromatic nitrogens is 1. The molecule has 0 fully saturated rings. The average Bonchev–Trinajstić information content (AvgIpc) is 2.38. The third-order valence-corrected chi connectivity index (χ3v) is 3.43. The first-order valence-corrected chi connectivity index (χ1v) is 6.34. The summed E-state index contributed by atoms with van der Waals surface area (Å²) in [5.41, 5.74) is 2.55. The van der Waals surface area contributed by atoms with Crippen LogP contribution in [0.25, 0.3) is 0 Å². The second kappa shape index (κ2) is 5.50. The Kier molecular flexibility index (Phi) is 3.99. The van der Waals surface area contributed by atoms with Crippen molar-refractivity contribution < 1.29 is 9.84 Å². The Bertz CT molecular complexity index is 557. The summed E-state index contributed by atoms with van der Waals surface area (Å²) < 4.78 is 6.02. The molecule has 0 saturated carbocycles. The number of aliphatic hydroxyl groups excluding tert-OH is 1. The molecule has 94 valence electrons. The van der Waals surface area contributed by atoms with Gasteiger partial charge < -0.3 is 9.84 Å². The van der Waals surface area contributed by atoms with Crippen LogP contribution in [0.4, 0.5) is 0 Å². The first kappa shape index (κ1) is 13.1. The SMILES string of the molecule is COc1ccc(Br)c(C(O)c2cncc(C)c2)c1. The lowest BCUT2D eigenvalue weighted by Crippen LogP contribution is -2.02. The highest BCUT2D eigenvalue weighted by Crippen LogP contribution is 2.31. The van der Waals surface area contributed by atoms with Gasteiger partial charge in [-0.2, -0.15) is 0 Å². The molecule has 1 atom stereocenters. The van der Waals surface area contributed by atoms with Gasteiger partial charge in [-0.3, -0.25) is 4.98 Å². The molecule has 3 nitrogen and oxygen atoms in total. The highest BCUT2D eigenvalue weighted by molar-refractivity contribution is 9.10. The van der Waals surface area contributed by atoms with Crippen LogP contribution >= 0.6 is 15.9 Å². The van der Waals surface area contributed by atoms with Crippen LogP contribution in [-0.4, -0.2) is 17.2 Å². The van der Waals surface area contributed by atoms with E-state index in [0.29, 0.717) is 5.75 Å². The predicted molar refractivity (Wildman–Crippen MR) is 73.7 cm³/mol. The second-order valence-electron chi connectivity index (χ2n) is 4.09. The van der Waals surface area contributed by atoms with E-state index in [2.05, 4.69) is 20.9 Å². The van der Waals surface area contributed by atoms with E-state index >= 15 is 0 Å². The van der Waals surface area contributed by atoms with Gasteiger partial charge in [0.2, 0.25) is 0 Å². The van der Waals surface area contributed by atoms with E-state index in [-0.39, 0.29) is 0 Å².